The van der Waals surface area contributed by atoms with Crippen molar-refractivity contribution in [2.75, 3.05) is 13.1 Å². The van der Waals surface area contributed by atoms with Gasteiger partial charge in [-0.1, -0.05) is 6.07 Å². The second-order valence-corrected chi connectivity index (χ2v) is 7.51. The van der Waals surface area contributed by atoms with E-state index in [1.165, 1.54) is 60.4 Å². The Balaban J connectivity index is 1.36. The van der Waals surface area contributed by atoms with Gasteiger partial charge < -0.3 is 4.57 Å². The minimum Gasteiger partial charge on any atom is -0.328 e. The third-order valence-electron chi connectivity index (χ3n) is 5.86. The van der Waals surface area contributed by atoms with Gasteiger partial charge in [0.25, 0.3) is 0 Å². The molecule has 5 heteroatoms. The van der Waals surface area contributed by atoms with Crippen molar-refractivity contribution in [3.05, 3.63) is 53.4 Å². The van der Waals surface area contributed by atoms with Crippen molar-refractivity contribution < 1.29 is 0 Å². The Morgan fingerprint density at radius 3 is 3.08 bits per heavy atom. The van der Waals surface area contributed by atoms with E-state index < -0.39 is 0 Å². The Bertz CT molecular complexity index is 906. The third kappa shape index (κ3) is 2.58. The second-order valence-electron chi connectivity index (χ2n) is 7.51. The zero-order valence-electron chi connectivity index (χ0n) is 14.9. The molecular formula is C20H25N5. The van der Waals surface area contributed by atoms with E-state index in [0.717, 1.165) is 19.6 Å². The van der Waals surface area contributed by atoms with Crippen LogP contribution in [-0.4, -0.2) is 37.2 Å². The number of hydrogen-bond donors (Lipinski definition) is 0. The van der Waals surface area contributed by atoms with Gasteiger partial charge in [-0.15, -0.1) is 0 Å². The van der Waals surface area contributed by atoms with E-state index in [9.17, 15) is 0 Å². The number of aromatic nitrogens is 4. The first-order chi connectivity index (χ1) is 12.3. The number of imidazole rings is 1. The van der Waals surface area contributed by atoms with E-state index in [4.69, 9.17) is 4.98 Å². The van der Waals surface area contributed by atoms with Crippen molar-refractivity contribution in [2.45, 2.75) is 51.6 Å². The Morgan fingerprint density at radius 1 is 1.20 bits per heavy atom. The highest BCUT2D eigenvalue weighted by molar-refractivity contribution is 5.53. The Kier molecular flexibility index (Phi) is 3.63. The maximum atomic E-state index is 4.87. The maximum absolute atomic E-state index is 4.87. The van der Waals surface area contributed by atoms with Gasteiger partial charge in [-0.3, -0.25) is 4.90 Å². The summed E-state index contributed by atoms with van der Waals surface area (Å²) in [5.74, 6) is 1.22. The average Bonchev–Trinajstić information content (AvgIpc) is 3.32. The first kappa shape index (κ1) is 15.1. The first-order valence-corrected chi connectivity index (χ1v) is 9.50. The smallest absolute Gasteiger partial charge is 0.106 e. The summed E-state index contributed by atoms with van der Waals surface area (Å²) in [5.41, 5.74) is 5.43. The predicted molar refractivity (Wildman–Crippen MR) is 97.7 cm³/mol. The first-order valence-electron chi connectivity index (χ1n) is 9.50. The van der Waals surface area contributed by atoms with Crippen molar-refractivity contribution in [3.8, 4) is 0 Å². The number of aryl methyl sites for hydroxylation is 2. The van der Waals surface area contributed by atoms with Crippen molar-refractivity contribution >= 4 is 5.52 Å². The quantitative estimate of drug-likeness (QED) is 0.738. The maximum Gasteiger partial charge on any atom is 0.106 e. The zero-order valence-corrected chi connectivity index (χ0v) is 14.9. The van der Waals surface area contributed by atoms with Gasteiger partial charge in [-0.2, -0.15) is 5.10 Å². The fraction of sp³-hybridized carbons (Fsp3) is 0.500. The Labute approximate surface area is 148 Å². The number of likely N-dealkylation sites (tertiary alicyclic amines) is 1. The molecule has 0 aromatic carbocycles. The van der Waals surface area contributed by atoms with Crippen LogP contribution in [0.5, 0.6) is 0 Å². The van der Waals surface area contributed by atoms with E-state index in [1.807, 2.05) is 23.0 Å². The van der Waals surface area contributed by atoms with Crippen molar-refractivity contribution in [1.29, 1.82) is 0 Å². The van der Waals surface area contributed by atoms with E-state index in [0.29, 0.717) is 6.04 Å². The molecule has 25 heavy (non-hydrogen) atoms. The molecule has 5 nitrogen and oxygen atoms in total. The van der Waals surface area contributed by atoms with Gasteiger partial charge in [0, 0.05) is 43.1 Å². The van der Waals surface area contributed by atoms with Gasteiger partial charge in [-0.25, -0.2) is 9.50 Å². The number of nitrogens with zero attached hydrogens (tertiary/aromatic N) is 5. The van der Waals surface area contributed by atoms with E-state index >= 15 is 0 Å². The molecule has 4 heterocycles. The molecule has 3 aromatic rings. The zero-order chi connectivity index (χ0) is 16.8. The summed E-state index contributed by atoms with van der Waals surface area (Å²) in [4.78, 5) is 7.44. The Hall–Kier alpha value is -2.14. The molecule has 2 aliphatic rings. The minimum absolute atomic E-state index is 0.580. The molecule has 0 saturated carbocycles. The largest absolute Gasteiger partial charge is 0.328 e. The SMILES string of the molecule is Cc1nc2c(n1[C@H]1CCN(Cc3cnn4ccccc34)C1)CCCC2. The van der Waals surface area contributed by atoms with Gasteiger partial charge in [0.15, 0.2) is 0 Å². The van der Waals surface area contributed by atoms with Crippen LogP contribution in [-0.2, 0) is 19.4 Å². The number of fused-ring (bicyclic) bond motifs is 2. The molecular weight excluding hydrogens is 310 g/mol. The lowest BCUT2D eigenvalue weighted by atomic mass is 10.0. The number of hydrogen-bond acceptors (Lipinski definition) is 3. The molecule has 3 aromatic heterocycles. The van der Waals surface area contributed by atoms with Gasteiger partial charge in [0.2, 0.25) is 0 Å². The lowest BCUT2D eigenvalue weighted by Crippen LogP contribution is -2.22. The lowest BCUT2D eigenvalue weighted by molar-refractivity contribution is 0.315. The molecule has 5 rings (SSSR count). The molecule has 1 aliphatic carbocycles. The molecule has 0 unspecified atom stereocenters. The molecule has 130 valence electrons. The van der Waals surface area contributed by atoms with Gasteiger partial charge in [-0.05, 0) is 51.2 Å². The van der Waals surface area contributed by atoms with Crippen molar-refractivity contribution in [3.63, 3.8) is 0 Å². The van der Waals surface area contributed by atoms with Crippen LogP contribution in [0, 0.1) is 6.92 Å². The molecule has 0 N–H and O–H groups in total. The van der Waals surface area contributed by atoms with Crippen LogP contribution in [0.2, 0.25) is 0 Å². The highest BCUT2D eigenvalue weighted by Gasteiger charge is 2.29. The van der Waals surface area contributed by atoms with Gasteiger partial charge >= 0.3 is 0 Å². The van der Waals surface area contributed by atoms with E-state index in [2.05, 4.69) is 33.6 Å². The second kappa shape index (κ2) is 5.99. The standard InChI is InChI=1S/C20H25N5/c1-15-22-18-6-2-3-8-20(18)25(15)17-9-11-23(14-17)13-16-12-21-24-10-5-4-7-19(16)24/h4-5,7,10,12,17H,2-3,6,8-9,11,13-14H2,1H3/t17-/m0/s1. The molecule has 0 spiro atoms. The van der Waals surface area contributed by atoms with E-state index in [1.54, 1.807) is 0 Å². The monoisotopic (exact) mass is 335 g/mol. The van der Waals surface area contributed by atoms with Gasteiger partial charge in [0.05, 0.1) is 17.4 Å². The molecule has 0 bridgehead atoms. The molecule has 1 saturated heterocycles. The van der Waals surface area contributed by atoms with Crippen LogP contribution in [0.4, 0.5) is 0 Å². The van der Waals surface area contributed by atoms with Crippen LogP contribution in [0.3, 0.4) is 0 Å². The summed E-state index contributed by atoms with van der Waals surface area (Å²) in [7, 11) is 0. The van der Waals surface area contributed by atoms with Crippen molar-refractivity contribution in [2.24, 2.45) is 0 Å². The lowest BCUT2D eigenvalue weighted by Gasteiger charge is -2.21. The average molecular weight is 335 g/mol. The van der Waals surface area contributed by atoms with Crippen LogP contribution in [0.25, 0.3) is 5.52 Å². The highest BCUT2D eigenvalue weighted by atomic mass is 15.2. The summed E-state index contributed by atoms with van der Waals surface area (Å²) in [6.45, 7) is 5.45. The normalized spacial score (nSPS) is 21.1. The van der Waals surface area contributed by atoms with Crippen molar-refractivity contribution in [1.82, 2.24) is 24.1 Å². The van der Waals surface area contributed by atoms with Gasteiger partial charge in [0.1, 0.15) is 5.82 Å². The fourth-order valence-corrected chi connectivity index (χ4v) is 4.70. The molecule has 0 radical (unpaired) electrons. The van der Waals surface area contributed by atoms with Crippen LogP contribution >= 0.6 is 0 Å². The Morgan fingerprint density at radius 2 is 2.12 bits per heavy atom. The fourth-order valence-electron chi connectivity index (χ4n) is 4.70. The molecule has 1 aliphatic heterocycles. The minimum atomic E-state index is 0.580. The summed E-state index contributed by atoms with van der Waals surface area (Å²) in [6.07, 6.45) is 10.3. The molecule has 0 amide bonds. The summed E-state index contributed by atoms with van der Waals surface area (Å²) >= 11 is 0. The summed E-state index contributed by atoms with van der Waals surface area (Å²) < 4.78 is 4.53. The molecule has 1 atom stereocenters. The summed E-state index contributed by atoms with van der Waals surface area (Å²) in [5, 5.41) is 4.48. The summed E-state index contributed by atoms with van der Waals surface area (Å²) in [6, 6.07) is 6.86. The number of pyridine rings is 1. The molecule has 1 fully saturated rings. The number of rotatable bonds is 3. The van der Waals surface area contributed by atoms with Crippen LogP contribution < -0.4 is 0 Å². The van der Waals surface area contributed by atoms with E-state index in [-0.39, 0.29) is 0 Å². The highest BCUT2D eigenvalue weighted by Crippen LogP contribution is 2.31. The predicted octanol–water partition coefficient (Wildman–Crippen LogP) is 3.17. The topological polar surface area (TPSA) is 38.4 Å². The van der Waals surface area contributed by atoms with Crippen LogP contribution in [0.1, 0.15) is 48.1 Å². The van der Waals surface area contributed by atoms with Crippen LogP contribution in [0.15, 0.2) is 30.6 Å². The third-order valence-corrected chi connectivity index (χ3v) is 5.86.